The van der Waals surface area contributed by atoms with Crippen molar-refractivity contribution in [2.24, 2.45) is 11.3 Å². The molecule has 1 heterocycles. The summed E-state index contributed by atoms with van der Waals surface area (Å²) in [6, 6.07) is 10.5. The third-order valence-electron chi connectivity index (χ3n) is 4.80. The van der Waals surface area contributed by atoms with Crippen LogP contribution in [0.1, 0.15) is 37.7 Å². The minimum absolute atomic E-state index is 0.0613. The highest BCUT2D eigenvalue weighted by Crippen LogP contribution is 2.52. The van der Waals surface area contributed by atoms with Crippen LogP contribution in [0.5, 0.6) is 0 Å². The summed E-state index contributed by atoms with van der Waals surface area (Å²) in [6.07, 6.45) is 3.07. The van der Waals surface area contributed by atoms with E-state index >= 15 is 0 Å². The van der Waals surface area contributed by atoms with Crippen molar-refractivity contribution in [1.29, 1.82) is 0 Å². The van der Waals surface area contributed by atoms with Gasteiger partial charge in [0, 0.05) is 17.9 Å². The van der Waals surface area contributed by atoms with Crippen LogP contribution in [0.25, 0.3) is 0 Å². The van der Waals surface area contributed by atoms with Gasteiger partial charge in [-0.25, -0.2) is 0 Å². The maximum Gasteiger partial charge on any atom is 0.144 e. The maximum absolute atomic E-state index is 12.7. The number of hydrogen-bond donors (Lipinski definition) is 1. The molecule has 2 nitrogen and oxygen atoms in total. The van der Waals surface area contributed by atoms with Crippen molar-refractivity contribution < 1.29 is 4.79 Å². The Morgan fingerprint density at radius 1 is 1.39 bits per heavy atom. The van der Waals surface area contributed by atoms with E-state index in [2.05, 4.69) is 36.5 Å². The van der Waals surface area contributed by atoms with E-state index in [1.165, 1.54) is 5.56 Å². The molecule has 96 valence electrons. The number of carbonyl (C=O) groups is 1. The Morgan fingerprint density at radius 2 is 2.17 bits per heavy atom. The minimum Gasteiger partial charge on any atom is -0.316 e. The van der Waals surface area contributed by atoms with Crippen LogP contribution in [0.2, 0.25) is 0 Å². The van der Waals surface area contributed by atoms with Crippen LogP contribution in [-0.2, 0) is 4.79 Å². The van der Waals surface area contributed by atoms with E-state index < -0.39 is 0 Å². The molecule has 0 amide bonds. The van der Waals surface area contributed by atoms with E-state index in [1.807, 2.05) is 6.07 Å². The topological polar surface area (TPSA) is 29.1 Å². The molecule has 2 aliphatic rings. The second-order valence-electron chi connectivity index (χ2n) is 5.78. The van der Waals surface area contributed by atoms with Crippen LogP contribution < -0.4 is 5.32 Å². The fourth-order valence-electron chi connectivity index (χ4n) is 3.38. The monoisotopic (exact) mass is 243 g/mol. The molecule has 3 atom stereocenters. The molecule has 0 spiro atoms. The molecule has 1 aliphatic carbocycles. The van der Waals surface area contributed by atoms with Crippen molar-refractivity contribution in [3.8, 4) is 0 Å². The molecule has 1 aromatic carbocycles. The zero-order valence-corrected chi connectivity index (χ0v) is 11.0. The highest BCUT2D eigenvalue weighted by Gasteiger charge is 2.51. The maximum atomic E-state index is 12.7. The van der Waals surface area contributed by atoms with Gasteiger partial charge in [0.1, 0.15) is 5.78 Å². The standard InChI is InChI=1S/C16H21NO/c1-2-16(8-9-17-11-16)15(18)14-10-13(14)12-6-4-3-5-7-12/h3-7,13-14,17H,2,8-11H2,1H3. The second-order valence-corrected chi connectivity index (χ2v) is 5.78. The van der Waals surface area contributed by atoms with E-state index in [0.717, 1.165) is 32.4 Å². The van der Waals surface area contributed by atoms with Crippen molar-refractivity contribution in [3.63, 3.8) is 0 Å². The van der Waals surface area contributed by atoms with E-state index in [9.17, 15) is 4.79 Å². The summed E-state index contributed by atoms with van der Waals surface area (Å²) in [5.74, 6) is 1.29. The largest absolute Gasteiger partial charge is 0.316 e. The summed E-state index contributed by atoms with van der Waals surface area (Å²) in [5.41, 5.74) is 1.28. The lowest BCUT2D eigenvalue weighted by molar-refractivity contribution is -0.129. The van der Waals surface area contributed by atoms with Crippen LogP contribution in [-0.4, -0.2) is 18.9 Å². The fraction of sp³-hybridized carbons (Fsp3) is 0.562. The van der Waals surface area contributed by atoms with E-state index in [4.69, 9.17) is 0 Å². The van der Waals surface area contributed by atoms with Crippen LogP contribution in [0.4, 0.5) is 0 Å². The number of benzene rings is 1. The molecule has 0 aromatic heterocycles. The Labute approximate surface area is 109 Å². The van der Waals surface area contributed by atoms with Crippen molar-refractivity contribution in [1.82, 2.24) is 5.32 Å². The number of nitrogens with one attached hydrogen (secondary N) is 1. The quantitative estimate of drug-likeness (QED) is 0.881. The molecular formula is C16H21NO. The summed E-state index contributed by atoms with van der Waals surface area (Å²) in [5, 5.41) is 3.36. The predicted molar refractivity (Wildman–Crippen MR) is 72.5 cm³/mol. The first-order valence-electron chi connectivity index (χ1n) is 7.07. The Balaban J connectivity index is 1.73. The zero-order valence-electron chi connectivity index (χ0n) is 11.0. The van der Waals surface area contributed by atoms with Gasteiger partial charge < -0.3 is 5.32 Å². The molecule has 1 saturated heterocycles. The number of carbonyl (C=O) groups excluding carboxylic acids is 1. The van der Waals surface area contributed by atoms with Gasteiger partial charge in [-0.05, 0) is 37.3 Å². The van der Waals surface area contributed by atoms with Gasteiger partial charge in [0.05, 0.1) is 0 Å². The lowest BCUT2D eigenvalue weighted by Crippen LogP contribution is -2.34. The van der Waals surface area contributed by atoms with Crippen molar-refractivity contribution >= 4 is 5.78 Å². The summed E-state index contributed by atoms with van der Waals surface area (Å²) < 4.78 is 0. The van der Waals surface area contributed by atoms with Gasteiger partial charge in [0.15, 0.2) is 0 Å². The fourth-order valence-corrected chi connectivity index (χ4v) is 3.38. The molecule has 1 aromatic rings. The van der Waals surface area contributed by atoms with Crippen LogP contribution in [0.3, 0.4) is 0 Å². The molecule has 0 radical (unpaired) electrons. The summed E-state index contributed by atoms with van der Waals surface area (Å²) in [7, 11) is 0. The summed E-state index contributed by atoms with van der Waals surface area (Å²) >= 11 is 0. The van der Waals surface area contributed by atoms with Gasteiger partial charge in [-0.3, -0.25) is 4.79 Å². The van der Waals surface area contributed by atoms with Crippen molar-refractivity contribution in [2.75, 3.05) is 13.1 Å². The lowest BCUT2D eigenvalue weighted by Gasteiger charge is -2.25. The molecule has 2 fully saturated rings. The first-order chi connectivity index (χ1) is 8.77. The summed E-state index contributed by atoms with van der Waals surface area (Å²) in [6.45, 7) is 4.05. The van der Waals surface area contributed by atoms with Gasteiger partial charge >= 0.3 is 0 Å². The SMILES string of the molecule is CCC1(C(=O)C2CC2c2ccccc2)CCNC1. The van der Waals surface area contributed by atoms with Crippen LogP contribution in [0, 0.1) is 11.3 Å². The molecule has 2 heteroatoms. The molecule has 0 bridgehead atoms. The number of rotatable bonds is 4. The third-order valence-corrected chi connectivity index (χ3v) is 4.80. The number of Topliss-reactive ketones (excluding diaryl/α,β-unsaturated/α-hetero) is 1. The number of hydrogen-bond acceptors (Lipinski definition) is 2. The minimum atomic E-state index is -0.0613. The molecule has 1 aliphatic heterocycles. The Hall–Kier alpha value is -1.15. The molecule has 3 rings (SSSR count). The predicted octanol–water partition coefficient (Wildman–Crippen LogP) is 2.75. The lowest BCUT2D eigenvalue weighted by atomic mass is 9.77. The first-order valence-corrected chi connectivity index (χ1v) is 7.07. The Morgan fingerprint density at radius 3 is 2.78 bits per heavy atom. The van der Waals surface area contributed by atoms with Gasteiger partial charge in [-0.2, -0.15) is 0 Å². The van der Waals surface area contributed by atoms with Crippen molar-refractivity contribution in [2.45, 2.75) is 32.1 Å². The summed E-state index contributed by atoms with van der Waals surface area (Å²) in [4.78, 5) is 12.7. The molecule has 3 unspecified atom stereocenters. The van der Waals surface area contributed by atoms with Crippen LogP contribution in [0.15, 0.2) is 30.3 Å². The Kier molecular flexibility index (Phi) is 2.98. The molecule has 1 saturated carbocycles. The third kappa shape index (κ3) is 1.89. The van der Waals surface area contributed by atoms with Gasteiger partial charge in [0.2, 0.25) is 0 Å². The molecule has 18 heavy (non-hydrogen) atoms. The van der Waals surface area contributed by atoms with Crippen molar-refractivity contribution in [3.05, 3.63) is 35.9 Å². The second kappa shape index (κ2) is 4.51. The average molecular weight is 243 g/mol. The van der Waals surface area contributed by atoms with E-state index in [-0.39, 0.29) is 11.3 Å². The van der Waals surface area contributed by atoms with Gasteiger partial charge in [0.25, 0.3) is 0 Å². The molecular weight excluding hydrogens is 222 g/mol. The highest BCUT2D eigenvalue weighted by atomic mass is 16.1. The molecule has 1 N–H and O–H groups in total. The Bertz CT molecular complexity index is 434. The smallest absolute Gasteiger partial charge is 0.144 e. The highest BCUT2D eigenvalue weighted by molar-refractivity contribution is 5.91. The van der Waals surface area contributed by atoms with Gasteiger partial charge in [-0.1, -0.05) is 37.3 Å². The number of ketones is 1. The van der Waals surface area contributed by atoms with E-state index in [1.54, 1.807) is 0 Å². The van der Waals surface area contributed by atoms with E-state index in [0.29, 0.717) is 11.7 Å². The van der Waals surface area contributed by atoms with Crippen LogP contribution >= 0.6 is 0 Å². The average Bonchev–Trinajstić information content (AvgIpc) is 3.08. The van der Waals surface area contributed by atoms with Gasteiger partial charge in [-0.15, -0.1) is 0 Å². The first kappa shape index (κ1) is 11.9. The normalized spacial score (nSPS) is 34.5. The zero-order chi connectivity index (χ0) is 12.6.